The van der Waals surface area contributed by atoms with Crippen LogP contribution in [0.15, 0.2) is 24.3 Å². The number of nitrogens with two attached hydrogens (primary N) is 1. The predicted octanol–water partition coefficient (Wildman–Crippen LogP) is 1.87. The van der Waals surface area contributed by atoms with E-state index in [1.54, 1.807) is 24.3 Å². The summed E-state index contributed by atoms with van der Waals surface area (Å²) in [5.74, 6) is -0.0647. The molecule has 0 aliphatic heterocycles. The highest BCUT2D eigenvalue weighted by atomic mass is 16.1. The van der Waals surface area contributed by atoms with Gasteiger partial charge in [0.1, 0.15) is 0 Å². The molecule has 0 heterocycles. The Bertz CT molecular complexity index is 429. The largest absolute Gasteiger partial charge is 0.330 e. The Balaban J connectivity index is 2.60. The van der Waals surface area contributed by atoms with Gasteiger partial charge in [0.2, 0.25) is 5.91 Å². The molecule has 0 bridgehead atoms. The quantitative estimate of drug-likeness (QED) is 0.830. The number of nitriles is 1. The standard InChI is InChI=1S/C13H17N3O/c1-13(2,9-15)7-12(17)16-11-5-3-10(8-14)4-6-11/h3-6H,7,9,15H2,1-2H3,(H,16,17). The minimum atomic E-state index is -0.198. The fourth-order valence-electron chi connectivity index (χ4n) is 1.34. The zero-order chi connectivity index (χ0) is 12.9. The second-order valence-corrected chi connectivity index (χ2v) is 4.78. The molecule has 0 aliphatic carbocycles. The first-order chi connectivity index (χ1) is 7.96. The Morgan fingerprint density at radius 1 is 1.41 bits per heavy atom. The van der Waals surface area contributed by atoms with Crippen LogP contribution in [0.2, 0.25) is 0 Å². The number of benzene rings is 1. The summed E-state index contributed by atoms with van der Waals surface area (Å²) >= 11 is 0. The van der Waals surface area contributed by atoms with E-state index in [1.165, 1.54) is 0 Å². The van der Waals surface area contributed by atoms with E-state index in [2.05, 4.69) is 5.32 Å². The SMILES string of the molecule is CC(C)(CN)CC(=O)Nc1ccc(C#N)cc1. The van der Waals surface area contributed by atoms with Crippen molar-refractivity contribution < 1.29 is 4.79 Å². The van der Waals surface area contributed by atoms with Crippen molar-refractivity contribution in [1.82, 2.24) is 0 Å². The lowest BCUT2D eigenvalue weighted by atomic mass is 9.89. The number of nitrogens with zero attached hydrogens (tertiary/aromatic N) is 1. The molecule has 0 saturated heterocycles. The van der Waals surface area contributed by atoms with Crippen molar-refractivity contribution in [3.8, 4) is 6.07 Å². The lowest BCUT2D eigenvalue weighted by Crippen LogP contribution is -2.29. The third-order valence-electron chi connectivity index (χ3n) is 2.49. The van der Waals surface area contributed by atoms with Crippen molar-refractivity contribution >= 4 is 11.6 Å². The summed E-state index contributed by atoms with van der Waals surface area (Å²) in [7, 11) is 0. The van der Waals surface area contributed by atoms with Crippen LogP contribution in [0, 0.1) is 16.7 Å². The number of carbonyl (C=O) groups is 1. The Labute approximate surface area is 101 Å². The van der Waals surface area contributed by atoms with E-state index in [0.717, 1.165) is 0 Å². The lowest BCUT2D eigenvalue weighted by molar-refractivity contribution is -0.117. The first-order valence-corrected chi connectivity index (χ1v) is 5.47. The van der Waals surface area contributed by atoms with Gasteiger partial charge in [0.25, 0.3) is 0 Å². The third kappa shape index (κ3) is 4.25. The monoisotopic (exact) mass is 231 g/mol. The molecular formula is C13H17N3O. The normalized spacial score (nSPS) is 10.7. The van der Waals surface area contributed by atoms with E-state index in [-0.39, 0.29) is 11.3 Å². The number of nitrogens with one attached hydrogen (secondary N) is 1. The Kier molecular flexibility index (Phi) is 4.24. The van der Waals surface area contributed by atoms with Crippen LogP contribution in [0.4, 0.5) is 5.69 Å². The molecule has 0 fully saturated rings. The van der Waals surface area contributed by atoms with Crippen LogP contribution in [-0.2, 0) is 4.79 Å². The molecule has 4 nitrogen and oxygen atoms in total. The van der Waals surface area contributed by atoms with Crippen LogP contribution in [0.25, 0.3) is 0 Å². The van der Waals surface area contributed by atoms with Crippen LogP contribution in [0.3, 0.4) is 0 Å². The minimum Gasteiger partial charge on any atom is -0.330 e. The molecule has 0 spiro atoms. The summed E-state index contributed by atoms with van der Waals surface area (Å²) in [5.41, 5.74) is 6.64. The van der Waals surface area contributed by atoms with Crippen LogP contribution in [0.1, 0.15) is 25.8 Å². The van der Waals surface area contributed by atoms with E-state index in [9.17, 15) is 4.79 Å². The van der Waals surface area contributed by atoms with Gasteiger partial charge in [-0.3, -0.25) is 4.79 Å². The first kappa shape index (κ1) is 13.2. The van der Waals surface area contributed by atoms with Gasteiger partial charge in [-0.05, 0) is 36.2 Å². The van der Waals surface area contributed by atoms with Crippen molar-refractivity contribution in [3.63, 3.8) is 0 Å². The Morgan fingerprint density at radius 3 is 2.47 bits per heavy atom. The van der Waals surface area contributed by atoms with Gasteiger partial charge in [-0.2, -0.15) is 5.26 Å². The summed E-state index contributed by atoms with van der Waals surface area (Å²) in [6, 6.07) is 8.79. The number of carbonyl (C=O) groups excluding carboxylic acids is 1. The highest BCUT2D eigenvalue weighted by Crippen LogP contribution is 2.19. The molecule has 0 unspecified atom stereocenters. The average Bonchev–Trinajstić information content (AvgIpc) is 2.29. The summed E-state index contributed by atoms with van der Waals surface area (Å²) in [5, 5.41) is 11.4. The molecule has 0 aromatic heterocycles. The van der Waals surface area contributed by atoms with Gasteiger partial charge in [0, 0.05) is 12.1 Å². The summed E-state index contributed by atoms with van der Waals surface area (Å²) < 4.78 is 0. The molecule has 0 atom stereocenters. The fourth-order valence-corrected chi connectivity index (χ4v) is 1.34. The maximum atomic E-state index is 11.7. The summed E-state index contributed by atoms with van der Waals surface area (Å²) in [4.78, 5) is 11.7. The van der Waals surface area contributed by atoms with Crippen molar-refractivity contribution in [2.45, 2.75) is 20.3 Å². The third-order valence-corrected chi connectivity index (χ3v) is 2.49. The Morgan fingerprint density at radius 2 is 2.00 bits per heavy atom. The van der Waals surface area contributed by atoms with Crippen molar-refractivity contribution in [2.75, 3.05) is 11.9 Å². The molecule has 0 aliphatic rings. The van der Waals surface area contributed by atoms with E-state index in [4.69, 9.17) is 11.0 Å². The van der Waals surface area contributed by atoms with Gasteiger partial charge >= 0.3 is 0 Å². The summed E-state index contributed by atoms with van der Waals surface area (Å²) in [6.07, 6.45) is 0.378. The number of anilines is 1. The van der Waals surface area contributed by atoms with E-state index >= 15 is 0 Å². The molecule has 0 radical (unpaired) electrons. The molecule has 90 valence electrons. The van der Waals surface area contributed by atoms with Gasteiger partial charge in [-0.1, -0.05) is 13.8 Å². The second kappa shape index (κ2) is 5.46. The Hall–Kier alpha value is -1.86. The lowest BCUT2D eigenvalue weighted by Gasteiger charge is -2.21. The zero-order valence-corrected chi connectivity index (χ0v) is 10.2. The maximum absolute atomic E-state index is 11.7. The number of hydrogen-bond acceptors (Lipinski definition) is 3. The molecule has 3 N–H and O–H groups in total. The molecule has 1 aromatic carbocycles. The molecule has 1 rings (SSSR count). The van der Waals surface area contributed by atoms with Crippen molar-refractivity contribution in [3.05, 3.63) is 29.8 Å². The number of amides is 1. The van der Waals surface area contributed by atoms with Crippen LogP contribution < -0.4 is 11.1 Å². The molecule has 4 heteroatoms. The van der Waals surface area contributed by atoms with Crippen molar-refractivity contribution in [1.29, 1.82) is 5.26 Å². The molecule has 17 heavy (non-hydrogen) atoms. The van der Waals surface area contributed by atoms with Crippen LogP contribution >= 0.6 is 0 Å². The highest BCUT2D eigenvalue weighted by Gasteiger charge is 2.19. The van der Waals surface area contributed by atoms with Crippen LogP contribution in [-0.4, -0.2) is 12.5 Å². The maximum Gasteiger partial charge on any atom is 0.224 e. The zero-order valence-electron chi connectivity index (χ0n) is 10.2. The van der Waals surface area contributed by atoms with Crippen molar-refractivity contribution in [2.24, 2.45) is 11.1 Å². The molecule has 0 saturated carbocycles. The average molecular weight is 231 g/mol. The van der Waals surface area contributed by atoms with E-state index < -0.39 is 0 Å². The van der Waals surface area contributed by atoms with Gasteiger partial charge in [0.05, 0.1) is 11.6 Å². The smallest absolute Gasteiger partial charge is 0.224 e. The van der Waals surface area contributed by atoms with Gasteiger partial charge in [0.15, 0.2) is 0 Å². The molecule has 1 amide bonds. The predicted molar refractivity (Wildman–Crippen MR) is 67.2 cm³/mol. The topological polar surface area (TPSA) is 78.9 Å². The minimum absolute atomic E-state index is 0.0647. The number of hydrogen-bond donors (Lipinski definition) is 2. The number of rotatable bonds is 4. The summed E-state index contributed by atoms with van der Waals surface area (Å²) in [6.45, 7) is 4.37. The fraction of sp³-hybridized carbons (Fsp3) is 0.385. The second-order valence-electron chi connectivity index (χ2n) is 4.78. The van der Waals surface area contributed by atoms with Gasteiger partial charge < -0.3 is 11.1 Å². The molecular weight excluding hydrogens is 214 g/mol. The molecule has 1 aromatic rings. The first-order valence-electron chi connectivity index (χ1n) is 5.47. The highest BCUT2D eigenvalue weighted by molar-refractivity contribution is 5.91. The van der Waals surface area contributed by atoms with Gasteiger partial charge in [-0.25, -0.2) is 0 Å². The van der Waals surface area contributed by atoms with Gasteiger partial charge in [-0.15, -0.1) is 0 Å². The van der Waals surface area contributed by atoms with Crippen LogP contribution in [0.5, 0.6) is 0 Å². The van der Waals surface area contributed by atoms with E-state index in [0.29, 0.717) is 24.2 Å². The van der Waals surface area contributed by atoms with E-state index in [1.807, 2.05) is 19.9 Å².